The normalized spacial score (nSPS) is 10.3. The summed E-state index contributed by atoms with van der Waals surface area (Å²) in [7, 11) is -1.04. The quantitative estimate of drug-likeness (QED) is 0.124. The summed E-state index contributed by atoms with van der Waals surface area (Å²) in [6.45, 7) is -1.24. The maximum absolute atomic E-state index is 12.2. The molecule has 0 fully saturated rings. The number of nitrogens with zero attached hydrogens (tertiary/aromatic N) is 1. The fourth-order valence-corrected chi connectivity index (χ4v) is 4.10. The lowest BCUT2D eigenvalue weighted by atomic mass is 10.3. The second-order valence-electron chi connectivity index (χ2n) is 5.20. The van der Waals surface area contributed by atoms with Crippen LogP contribution < -0.4 is 11.0 Å². The Labute approximate surface area is 149 Å². The number of amides is 3. The van der Waals surface area contributed by atoms with Crippen molar-refractivity contribution in [3.63, 3.8) is 0 Å². The van der Waals surface area contributed by atoms with Crippen LogP contribution >= 0.6 is 7.92 Å². The first-order chi connectivity index (χ1) is 12.2. The van der Waals surface area contributed by atoms with Crippen molar-refractivity contribution < 1.29 is 44.6 Å². The van der Waals surface area contributed by atoms with Crippen LogP contribution in [0.3, 0.4) is 0 Å². The monoisotopic (exact) mass is 395 g/mol. The number of hydrogen-bond acceptors (Lipinski definition) is 7. The highest BCUT2D eigenvalue weighted by Gasteiger charge is 2.21. The zero-order valence-corrected chi connectivity index (χ0v) is 14.8. The maximum Gasteiger partial charge on any atom is 0.303 e. The van der Waals surface area contributed by atoms with E-state index in [9.17, 15) is 24.0 Å². The molecular weight excluding hydrogens is 373 g/mol. The van der Waals surface area contributed by atoms with E-state index in [1.165, 1.54) is 11.0 Å². The molecule has 3 amide bonds. The summed E-state index contributed by atoms with van der Waals surface area (Å²) >= 11 is 0. The average Bonchev–Trinajstić information content (AvgIpc) is 2.59. The van der Waals surface area contributed by atoms with Crippen LogP contribution in [-0.4, -0.2) is 86.8 Å². The van der Waals surface area contributed by atoms with Crippen molar-refractivity contribution >= 4 is 37.6 Å². The van der Waals surface area contributed by atoms with E-state index in [-0.39, 0.29) is 37.7 Å². The van der Waals surface area contributed by atoms with Crippen LogP contribution in [0, 0.1) is 0 Å². The van der Waals surface area contributed by atoms with Crippen LogP contribution in [0.4, 0.5) is 0 Å². The van der Waals surface area contributed by atoms with Gasteiger partial charge in [0.25, 0.3) is 11.8 Å². The van der Waals surface area contributed by atoms with Gasteiger partial charge in [0.05, 0.1) is 0 Å². The lowest BCUT2D eigenvalue weighted by molar-refractivity contribution is -0.143. The molecule has 0 radical (unpaired) electrons. The standard InChI is InChI=1S/C13H22N3O9P/c17-9(14-24)7-16(8-10(18)15-25)11(19)1-4-26(5-2-12(20)21)6-3-13(22)23/h24-25H,1-8H2,(H,14,17)(H,15,18)(H,20,21)(H,22,23). The highest BCUT2D eigenvalue weighted by molar-refractivity contribution is 7.57. The number of carboxylic acids is 2. The summed E-state index contributed by atoms with van der Waals surface area (Å²) in [5, 5.41) is 34.5. The van der Waals surface area contributed by atoms with E-state index < -0.39 is 50.7 Å². The molecular formula is C13H22N3O9P. The molecule has 26 heavy (non-hydrogen) atoms. The second-order valence-corrected chi connectivity index (χ2v) is 7.88. The Morgan fingerprint density at radius 3 is 1.46 bits per heavy atom. The fraction of sp³-hybridized carbons (Fsp3) is 0.615. The van der Waals surface area contributed by atoms with E-state index in [1.807, 2.05) is 0 Å². The summed E-state index contributed by atoms with van der Waals surface area (Å²) in [5.74, 6) is -4.57. The van der Waals surface area contributed by atoms with Crippen molar-refractivity contribution in [3.05, 3.63) is 0 Å². The summed E-state index contributed by atoms with van der Waals surface area (Å²) in [5.41, 5.74) is 2.64. The van der Waals surface area contributed by atoms with Crippen LogP contribution in [0.5, 0.6) is 0 Å². The van der Waals surface area contributed by atoms with Crippen molar-refractivity contribution in [2.75, 3.05) is 31.6 Å². The molecule has 0 heterocycles. The summed E-state index contributed by atoms with van der Waals surface area (Å²) in [6.07, 6.45) is 0.292. The molecule has 13 heteroatoms. The van der Waals surface area contributed by atoms with Gasteiger partial charge in [-0.1, -0.05) is 0 Å². The van der Waals surface area contributed by atoms with Crippen molar-refractivity contribution in [1.29, 1.82) is 0 Å². The molecule has 6 N–H and O–H groups in total. The molecule has 148 valence electrons. The van der Waals surface area contributed by atoms with E-state index >= 15 is 0 Å². The Kier molecular flexibility index (Phi) is 11.8. The van der Waals surface area contributed by atoms with Crippen LogP contribution in [0.2, 0.25) is 0 Å². The molecule has 0 aromatic rings. The molecule has 12 nitrogen and oxygen atoms in total. The summed E-state index contributed by atoms with van der Waals surface area (Å²) in [4.78, 5) is 56.8. The number of nitrogens with one attached hydrogen (secondary N) is 2. The number of carbonyl (C=O) groups excluding carboxylic acids is 3. The number of carbonyl (C=O) groups is 5. The van der Waals surface area contributed by atoms with Crippen molar-refractivity contribution in [2.45, 2.75) is 19.3 Å². The van der Waals surface area contributed by atoms with E-state index in [4.69, 9.17) is 20.6 Å². The third kappa shape index (κ3) is 11.3. The summed E-state index contributed by atoms with van der Waals surface area (Å²) < 4.78 is 0. The molecule has 0 saturated carbocycles. The van der Waals surface area contributed by atoms with Gasteiger partial charge in [-0.25, -0.2) is 11.0 Å². The topological polar surface area (TPSA) is 194 Å². The van der Waals surface area contributed by atoms with Crippen LogP contribution in [0.25, 0.3) is 0 Å². The van der Waals surface area contributed by atoms with Gasteiger partial charge in [0.2, 0.25) is 5.91 Å². The van der Waals surface area contributed by atoms with Crippen molar-refractivity contribution in [2.24, 2.45) is 0 Å². The molecule has 0 saturated heterocycles. The molecule has 0 unspecified atom stereocenters. The number of hydrogen-bond donors (Lipinski definition) is 6. The Morgan fingerprint density at radius 1 is 0.731 bits per heavy atom. The second kappa shape index (κ2) is 13.0. The van der Waals surface area contributed by atoms with Crippen molar-refractivity contribution in [1.82, 2.24) is 15.9 Å². The molecule has 0 atom stereocenters. The molecule has 0 bridgehead atoms. The number of hydroxylamine groups is 2. The smallest absolute Gasteiger partial charge is 0.303 e. The van der Waals surface area contributed by atoms with Gasteiger partial charge in [-0.2, -0.15) is 0 Å². The van der Waals surface area contributed by atoms with Gasteiger partial charge in [-0.15, -0.1) is 7.92 Å². The van der Waals surface area contributed by atoms with E-state index in [0.29, 0.717) is 0 Å². The highest BCUT2D eigenvalue weighted by atomic mass is 31.1. The molecule has 0 rings (SSSR count). The maximum atomic E-state index is 12.2. The predicted octanol–water partition coefficient (Wildman–Crippen LogP) is -1.35. The Bertz CT molecular complexity index is 493. The van der Waals surface area contributed by atoms with Crippen LogP contribution in [0.1, 0.15) is 19.3 Å². The Balaban J connectivity index is 4.80. The van der Waals surface area contributed by atoms with E-state index in [0.717, 1.165) is 4.90 Å². The first-order valence-electron chi connectivity index (χ1n) is 7.49. The molecule has 0 aliphatic carbocycles. The van der Waals surface area contributed by atoms with Gasteiger partial charge < -0.3 is 15.1 Å². The third-order valence-electron chi connectivity index (χ3n) is 3.20. The van der Waals surface area contributed by atoms with Crippen molar-refractivity contribution in [3.8, 4) is 0 Å². The van der Waals surface area contributed by atoms with Gasteiger partial charge >= 0.3 is 11.9 Å². The largest absolute Gasteiger partial charge is 0.481 e. The third-order valence-corrected chi connectivity index (χ3v) is 5.76. The van der Waals surface area contributed by atoms with Crippen LogP contribution in [0.15, 0.2) is 0 Å². The van der Waals surface area contributed by atoms with E-state index in [2.05, 4.69) is 0 Å². The Morgan fingerprint density at radius 2 is 1.12 bits per heavy atom. The SMILES string of the molecule is O=C(O)CCP(CCC(=O)O)CCC(=O)N(CC(=O)NO)CC(=O)NO. The minimum Gasteiger partial charge on any atom is -0.481 e. The minimum atomic E-state index is -1.04. The van der Waals surface area contributed by atoms with Gasteiger partial charge in [-0.05, 0) is 18.5 Å². The molecule has 0 aliphatic heterocycles. The van der Waals surface area contributed by atoms with Gasteiger partial charge in [0.15, 0.2) is 0 Å². The summed E-state index contributed by atoms with van der Waals surface area (Å²) in [6, 6.07) is 0. The molecule has 0 spiro atoms. The minimum absolute atomic E-state index is 0.137. The zero-order chi connectivity index (χ0) is 20.1. The predicted molar refractivity (Wildman–Crippen MR) is 87.1 cm³/mol. The fourth-order valence-electron chi connectivity index (χ4n) is 1.90. The van der Waals surface area contributed by atoms with E-state index in [1.54, 1.807) is 0 Å². The lowest BCUT2D eigenvalue weighted by Gasteiger charge is -2.22. The zero-order valence-electron chi connectivity index (χ0n) is 13.9. The van der Waals surface area contributed by atoms with Gasteiger partial charge in [-0.3, -0.25) is 34.4 Å². The lowest BCUT2D eigenvalue weighted by Crippen LogP contribution is -2.45. The molecule has 0 aliphatic rings. The number of rotatable bonds is 13. The average molecular weight is 395 g/mol. The number of carboxylic acid groups (broad SMARTS) is 2. The number of aliphatic carboxylic acids is 2. The molecule has 0 aromatic heterocycles. The molecule has 0 aromatic carbocycles. The first-order valence-corrected chi connectivity index (χ1v) is 9.38. The van der Waals surface area contributed by atoms with Gasteiger partial charge in [0.1, 0.15) is 13.1 Å². The Hall–Kier alpha value is -2.30. The van der Waals surface area contributed by atoms with Gasteiger partial charge in [0, 0.05) is 19.3 Å². The first kappa shape index (κ1) is 23.7. The highest BCUT2D eigenvalue weighted by Crippen LogP contribution is 2.37. The van der Waals surface area contributed by atoms with Crippen LogP contribution in [-0.2, 0) is 24.0 Å².